The van der Waals surface area contributed by atoms with E-state index in [2.05, 4.69) is 26.1 Å². The first-order valence-corrected chi connectivity index (χ1v) is 14.1. The Labute approximate surface area is 242 Å². The van der Waals surface area contributed by atoms with Gasteiger partial charge >= 0.3 is 6.09 Å². The lowest BCUT2D eigenvalue weighted by Crippen LogP contribution is -2.64. The molecule has 0 radical (unpaired) electrons. The highest BCUT2D eigenvalue weighted by atomic mass is 16.6. The summed E-state index contributed by atoms with van der Waals surface area (Å²) in [6.45, 7) is 9.82. The van der Waals surface area contributed by atoms with Crippen LogP contribution in [0.15, 0.2) is 65.8 Å². The number of aliphatic hydroxyl groups is 1. The maximum Gasteiger partial charge on any atom is 0.408 e. The van der Waals surface area contributed by atoms with E-state index in [9.17, 15) is 14.7 Å². The van der Waals surface area contributed by atoms with E-state index in [1.54, 1.807) is 34.6 Å². The predicted molar refractivity (Wildman–Crippen MR) is 157 cm³/mol. The number of nitrogens with one attached hydrogen (secondary N) is 3. The van der Waals surface area contributed by atoms with Crippen LogP contribution in [0.5, 0.6) is 0 Å². The van der Waals surface area contributed by atoms with Gasteiger partial charge in [0.15, 0.2) is 0 Å². The minimum atomic E-state index is -1.25. The number of aliphatic hydroxyl groups excluding tert-OH is 1. The molecule has 2 heterocycles. The molecule has 2 unspecified atom stereocenters. The molecule has 10 heteroatoms. The smallest absolute Gasteiger partial charge is 0.408 e. The molecule has 222 valence electrons. The van der Waals surface area contributed by atoms with Crippen LogP contribution in [0.4, 0.5) is 4.79 Å². The third-order valence-electron chi connectivity index (χ3n) is 7.50. The van der Waals surface area contributed by atoms with Crippen molar-refractivity contribution in [3.8, 4) is 0 Å². The standard InChI is InChI=1S/C31H43N5O5/c1-29(2,3)41-28(39)33-30(4,5)27(38)32-24(20-40-19-22-12-8-6-9-13-22)26-35-34-25-18-31(21-37,16-17-36(25)26)23-14-10-7-11-15-23/h6-15,24,26,35,37H,16-21H2,1-5H3,(H,32,38)(H,33,39)/t24-,26?,31?/m1/s1. The highest BCUT2D eigenvalue weighted by Gasteiger charge is 2.46. The lowest BCUT2D eigenvalue weighted by Gasteiger charge is -2.43. The number of nitrogens with zero attached hydrogens (tertiary/aromatic N) is 2. The number of hydrogen-bond donors (Lipinski definition) is 4. The summed E-state index contributed by atoms with van der Waals surface area (Å²) >= 11 is 0. The van der Waals surface area contributed by atoms with Crippen LogP contribution in [0.25, 0.3) is 0 Å². The molecule has 1 saturated heterocycles. The molecule has 0 saturated carbocycles. The van der Waals surface area contributed by atoms with Crippen molar-refractivity contribution in [3.63, 3.8) is 0 Å². The van der Waals surface area contributed by atoms with Crippen molar-refractivity contribution < 1.29 is 24.2 Å². The molecule has 0 aromatic heterocycles. The third-order valence-corrected chi connectivity index (χ3v) is 7.50. The molecule has 4 rings (SSSR count). The highest BCUT2D eigenvalue weighted by Crippen LogP contribution is 2.38. The van der Waals surface area contributed by atoms with E-state index < -0.39 is 28.7 Å². The average Bonchev–Trinajstić information content (AvgIpc) is 3.34. The van der Waals surface area contributed by atoms with Gasteiger partial charge < -0.3 is 30.1 Å². The SMILES string of the molecule is CC(C)(C)OC(=O)NC(C)(C)C(=O)N[C@H](COCc1ccccc1)C1NN=C2CC(CO)(c3ccccc3)CCN21. The van der Waals surface area contributed by atoms with Crippen molar-refractivity contribution >= 4 is 17.8 Å². The Morgan fingerprint density at radius 2 is 1.76 bits per heavy atom. The minimum absolute atomic E-state index is 0.0133. The van der Waals surface area contributed by atoms with Gasteiger partial charge in [0.25, 0.3) is 0 Å². The van der Waals surface area contributed by atoms with Crippen LogP contribution in [0, 0.1) is 0 Å². The number of hydrazone groups is 1. The van der Waals surface area contributed by atoms with E-state index >= 15 is 0 Å². The van der Waals surface area contributed by atoms with Crippen molar-refractivity contribution in [2.24, 2.45) is 5.10 Å². The molecule has 41 heavy (non-hydrogen) atoms. The summed E-state index contributed by atoms with van der Waals surface area (Å²) in [4.78, 5) is 28.1. The van der Waals surface area contributed by atoms with Crippen molar-refractivity contribution in [1.82, 2.24) is 21.0 Å². The van der Waals surface area contributed by atoms with Gasteiger partial charge in [-0.3, -0.25) is 10.2 Å². The molecule has 2 aromatic rings. The topological polar surface area (TPSA) is 125 Å². The minimum Gasteiger partial charge on any atom is -0.444 e. The Morgan fingerprint density at radius 1 is 1.10 bits per heavy atom. The zero-order valence-electron chi connectivity index (χ0n) is 24.6. The number of carbonyl (C=O) groups excluding carboxylic acids is 2. The number of alkyl carbamates (subject to hydrolysis) is 1. The Morgan fingerprint density at radius 3 is 2.39 bits per heavy atom. The normalized spacial score (nSPS) is 21.3. The maximum absolute atomic E-state index is 13.5. The monoisotopic (exact) mass is 565 g/mol. The van der Waals surface area contributed by atoms with Crippen LogP contribution >= 0.6 is 0 Å². The molecular weight excluding hydrogens is 522 g/mol. The fourth-order valence-corrected chi connectivity index (χ4v) is 5.20. The summed E-state index contributed by atoms with van der Waals surface area (Å²) < 4.78 is 11.4. The van der Waals surface area contributed by atoms with Gasteiger partial charge in [-0.2, -0.15) is 5.10 Å². The quantitative estimate of drug-likeness (QED) is 0.349. The molecule has 0 spiro atoms. The van der Waals surface area contributed by atoms with Crippen LogP contribution < -0.4 is 16.1 Å². The van der Waals surface area contributed by atoms with E-state index in [0.29, 0.717) is 19.6 Å². The summed E-state index contributed by atoms with van der Waals surface area (Å²) in [7, 11) is 0. The van der Waals surface area contributed by atoms with Crippen LogP contribution in [-0.2, 0) is 26.3 Å². The van der Waals surface area contributed by atoms with Crippen LogP contribution in [0.2, 0.25) is 0 Å². The maximum atomic E-state index is 13.5. The number of ether oxygens (including phenoxy) is 2. The molecule has 1 fully saturated rings. The molecule has 0 bridgehead atoms. The van der Waals surface area contributed by atoms with Crippen LogP contribution in [0.1, 0.15) is 58.6 Å². The summed E-state index contributed by atoms with van der Waals surface area (Å²) in [5, 5.41) is 20.9. The first-order chi connectivity index (χ1) is 19.4. The van der Waals surface area contributed by atoms with Gasteiger partial charge in [0.05, 0.1) is 25.9 Å². The van der Waals surface area contributed by atoms with Gasteiger partial charge in [-0.25, -0.2) is 4.79 Å². The van der Waals surface area contributed by atoms with Gasteiger partial charge in [0.2, 0.25) is 5.91 Å². The van der Waals surface area contributed by atoms with Gasteiger partial charge in [-0.05, 0) is 52.2 Å². The lowest BCUT2D eigenvalue weighted by atomic mass is 9.73. The fraction of sp³-hybridized carbons (Fsp3) is 0.516. The van der Waals surface area contributed by atoms with E-state index in [1.807, 2.05) is 60.7 Å². The Kier molecular flexibility index (Phi) is 9.24. The number of hydrogen-bond acceptors (Lipinski definition) is 8. The average molecular weight is 566 g/mol. The van der Waals surface area contributed by atoms with E-state index in [-0.39, 0.29) is 25.3 Å². The van der Waals surface area contributed by atoms with Gasteiger partial charge in [0.1, 0.15) is 23.1 Å². The summed E-state index contributed by atoms with van der Waals surface area (Å²) in [5.41, 5.74) is 2.96. The number of amides is 2. The molecule has 2 amide bonds. The zero-order valence-corrected chi connectivity index (χ0v) is 24.6. The van der Waals surface area contributed by atoms with E-state index in [4.69, 9.17) is 9.47 Å². The summed E-state index contributed by atoms with van der Waals surface area (Å²) in [6, 6.07) is 19.4. The first kappa shape index (κ1) is 30.3. The lowest BCUT2D eigenvalue weighted by molar-refractivity contribution is -0.128. The molecule has 4 N–H and O–H groups in total. The number of amidine groups is 1. The van der Waals surface area contributed by atoms with Crippen molar-refractivity contribution in [2.45, 2.75) is 82.8 Å². The highest BCUT2D eigenvalue weighted by molar-refractivity contribution is 5.90. The van der Waals surface area contributed by atoms with Crippen LogP contribution in [-0.4, -0.2) is 70.9 Å². The van der Waals surface area contributed by atoms with Gasteiger partial charge in [-0.15, -0.1) is 0 Å². The first-order valence-electron chi connectivity index (χ1n) is 14.1. The molecule has 0 aliphatic carbocycles. The van der Waals surface area contributed by atoms with Crippen molar-refractivity contribution in [3.05, 3.63) is 71.8 Å². The number of benzene rings is 2. The second kappa shape index (κ2) is 12.5. The molecule has 2 aromatic carbocycles. The largest absolute Gasteiger partial charge is 0.444 e. The molecule has 2 aliphatic rings. The molecule has 10 nitrogen and oxygen atoms in total. The fourth-order valence-electron chi connectivity index (χ4n) is 5.20. The predicted octanol–water partition coefficient (Wildman–Crippen LogP) is 3.26. The molecule has 3 atom stereocenters. The third kappa shape index (κ3) is 7.56. The number of rotatable bonds is 10. The van der Waals surface area contributed by atoms with Crippen molar-refractivity contribution in [1.29, 1.82) is 0 Å². The van der Waals surface area contributed by atoms with Gasteiger partial charge in [0, 0.05) is 18.4 Å². The van der Waals surface area contributed by atoms with Gasteiger partial charge in [-0.1, -0.05) is 60.7 Å². The Balaban J connectivity index is 1.48. The Bertz CT molecular complexity index is 1210. The van der Waals surface area contributed by atoms with Crippen molar-refractivity contribution in [2.75, 3.05) is 19.8 Å². The van der Waals surface area contributed by atoms with E-state index in [1.165, 1.54) is 0 Å². The molecular formula is C31H43N5O5. The number of fused-ring (bicyclic) bond motifs is 1. The van der Waals surface area contributed by atoms with E-state index in [0.717, 1.165) is 23.4 Å². The summed E-state index contributed by atoms with van der Waals surface area (Å²) in [6.07, 6.45) is 0.252. The molecule has 2 aliphatic heterocycles. The second-order valence-electron chi connectivity index (χ2n) is 12.4. The second-order valence-corrected chi connectivity index (χ2v) is 12.4. The number of piperidine rings is 1. The van der Waals surface area contributed by atoms with Crippen LogP contribution in [0.3, 0.4) is 0 Å². The zero-order chi connectivity index (χ0) is 29.7. The number of carbonyl (C=O) groups is 2. The summed E-state index contributed by atoms with van der Waals surface area (Å²) in [5.74, 6) is 0.450. The Hall–Kier alpha value is -3.63.